The topological polar surface area (TPSA) is 216 Å². The summed E-state index contributed by atoms with van der Waals surface area (Å²) in [5.74, 6) is -3.77. The lowest BCUT2D eigenvalue weighted by atomic mass is 9.85. The van der Waals surface area contributed by atoms with Crippen molar-refractivity contribution < 1.29 is 38.9 Å². The number of hydrogen-bond acceptors (Lipinski definition) is 10. The number of aliphatic carboxylic acids is 1. The molecule has 7 rings (SSSR count). The number of amides is 1. The molecule has 0 unspecified atom stereocenters. The second-order valence-electron chi connectivity index (χ2n) is 13.1. The fourth-order valence-electron chi connectivity index (χ4n) is 7.38. The minimum absolute atomic E-state index is 0.0766. The van der Waals surface area contributed by atoms with Crippen LogP contribution < -0.4 is 16.6 Å². The second kappa shape index (κ2) is 13.3. The number of carbonyl (C=O) groups is 4. The van der Waals surface area contributed by atoms with Gasteiger partial charge >= 0.3 is 17.9 Å². The predicted octanol–water partition coefficient (Wildman–Crippen LogP) is 3.30. The summed E-state index contributed by atoms with van der Waals surface area (Å²) >= 11 is 0. The molecule has 0 saturated heterocycles. The van der Waals surface area contributed by atoms with Gasteiger partial charge in [0, 0.05) is 40.0 Å². The molecule has 5 aromatic rings. The van der Waals surface area contributed by atoms with E-state index in [0.29, 0.717) is 23.3 Å². The lowest BCUT2D eigenvalue weighted by Crippen LogP contribution is -2.50. The van der Waals surface area contributed by atoms with Crippen molar-refractivity contribution in [3.8, 4) is 17.1 Å². The monoisotopic (exact) mass is 707 g/mol. The zero-order valence-electron chi connectivity index (χ0n) is 28.5. The summed E-state index contributed by atoms with van der Waals surface area (Å²) in [4.78, 5) is 73.9. The van der Waals surface area contributed by atoms with Crippen LogP contribution in [0.25, 0.3) is 33.2 Å². The predicted molar refractivity (Wildman–Crippen MR) is 188 cm³/mol. The van der Waals surface area contributed by atoms with Crippen molar-refractivity contribution in [3.05, 3.63) is 92.9 Å². The highest BCUT2D eigenvalue weighted by molar-refractivity contribution is 5.91. The van der Waals surface area contributed by atoms with Gasteiger partial charge in [-0.15, -0.1) is 0 Å². The highest BCUT2D eigenvalue weighted by Gasteiger charge is 2.50. The summed E-state index contributed by atoms with van der Waals surface area (Å²) in [5.41, 5.74) is 9.12. The number of H-pyrrole nitrogens is 1. The lowest BCUT2D eigenvalue weighted by Gasteiger charge is -2.35. The molecule has 0 aliphatic carbocycles. The van der Waals surface area contributed by atoms with Crippen LogP contribution in [0, 0.1) is 0 Å². The van der Waals surface area contributed by atoms with Crippen LogP contribution in [0.5, 0.6) is 5.75 Å². The van der Waals surface area contributed by atoms with E-state index in [1.807, 2.05) is 31.2 Å². The molecule has 2 aromatic carbocycles. The zero-order chi connectivity index (χ0) is 36.9. The third-order valence-corrected chi connectivity index (χ3v) is 10.1. The number of phenols is 1. The number of pyridine rings is 2. The maximum absolute atomic E-state index is 14.0. The molecule has 0 spiro atoms. The third-order valence-electron chi connectivity index (χ3n) is 10.1. The maximum atomic E-state index is 14.0. The van der Waals surface area contributed by atoms with E-state index >= 15 is 0 Å². The number of nitrogens with zero attached hydrogens (tertiary/aromatic N) is 2. The van der Waals surface area contributed by atoms with Gasteiger partial charge < -0.3 is 40.3 Å². The molecule has 0 saturated carbocycles. The van der Waals surface area contributed by atoms with E-state index in [0.717, 1.165) is 33.0 Å². The minimum atomic E-state index is -1.98. The number of nitrogens with two attached hydrogens (primary N) is 1. The number of rotatable bonds is 11. The Balaban J connectivity index is 1.12. The number of carboxylic acids is 1. The van der Waals surface area contributed by atoms with E-state index in [9.17, 15) is 34.2 Å². The SMILES string of the molecule is CCc1c2c(nc3ccc(O)cc13)-c1cc3c(c(=O)n1C2)COC(=O)[C@@]3(CC)OC(=O)CC[C@@H](NC(=O)[C@H](N)Cc1c[nH]c2ccccc12)C(=O)O. The average molecular weight is 708 g/mol. The van der Waals surface area contributed by atoms with Gasteiger partial charge in [0.1, 0.15) is 18.4 Å². The molecule has 5 heterocycles. The first-order valence-electron chi connectivity index (χ1n) is 17.1. The molecule has 0 fully saturated rings. The number of carbonyl (C=O) groups excluding carboxylic acids is 3. The fraction of sp³-hybridized carbons (Fsp3) is 0.316. The molecular formula is C38H37N5O9. The van der Waals surface area contributed by atoms with Crippen LogP contribution in [0.4, 0.5) is 0 Å². The summed E-state index contributed by atoms with van der Waals surface area (Å²) in [6.07, 6.45) is 1.59. The van der Waals surface area contributed by atoms with Crippen molar-refractivity contribution in [2.45, 2.75) is 76.8 Å². The van der Waals surface area contributed by atoms with E-state index in [1.54, 1.807) is 35.9 Å². The van der Waals surface area contributed by atoms with Crippen molar-refractivity contribution in [2.24, 2.45) is 5.73 Å². The molecule has 2 aliphatic rings. The Hall–Kier alpha value is -6.02. The third kappa shape index (κ3) is 5.74. The number of fused-ring (bicyclic) bond motifs is 6. The minimum Gasteiger partial charge on any atom is -0.508 e. The molecule has 1 amide bonds. The standard InChI is InChI=1S/C38H37N5O9/c1-3-21-23-14-20(44)9-10-29(23)41-33-24(21)17-43-31(33)15-26-25(35(43)47)18-51-37(50)38(26,4-2)52-32(45)12-11-30(36(48)49)42-34(46)27(39)13-19-16-40-28-8-6-5-7-22(19)28/h5-10,14-16,27,30,40,44H,3-4,11-13,17-18,39H2,1-2H3,(H,42,46)(H,48,49)/t27-,30-,38+/m1/s1. The first-order chi connectivity index (χ1) is 24.9. The van der Waals surface area contributed by atoms with Gasteiger partial charge in [0.05, 0.1) is 35.1 Å². The number of cyclic esters (lactones) is 1. The number of aryl methyl sites for hydroxylation is 1. The van der Waals surface area contributed by atoms with Crippen LogP contribution in [-0.2, 0) is 60.2 Å². The van der Waals surface area contributed by atoms with Gasteiger partial charge in [-0.3, -0.25) is 14.4 Å². The van der Waals surface area contributed by atoms with Crippen molar-refractivity contribution in [1.82, 2.24) is 19.9 Å². The van der Waals surface area contributed by atoms with Crippen molar-refractivity contribution in [2.75, 3.05) is 0 Å². The van der Waals surface area contributed by atoms with Gasteiger partial charge in [-0.25, -0.2) is 14.6 Å². The molecule has 0 radical (unpaired) electrons. The molecule has 6 N–H and O–H groups in total. The summed E-state index contributed by atoms with van der Waals surface area (Å²) in [7, 11) is 0. The van der Waals surface area contributed by atoms with Crippen LogP contribution in [0.1, 0.15) is 60.9 Å². The highest BCUT2D eigenvalue weighted by Crippen LogP contribution is 2.42. The molecule has 2 aliphatic heterocycles. The zero-order valence-corrected chi connectivity index (χ0v) is 28.5. The molecule has 0 bridgehead atoms. The summed E-state index contributed by atoms with van der Waals surface area (Å²) in [6.45, 7) is 3.49. The van der Waals surface area contributed by atoms with E-state index in [-0.39, 0.29) is 49.3 Å². The number of aromatic amines is 1. The number of aromatic nitrogens is 3. The van der Waals surface area contributed by atoms with E-state index in [4.69, 9.17) is 20.2 Å². The van der Waals surface area contributed by atoms with Crippen LogP contribution in [-0.4, -0.2) is 60.6 Å². The molecule has 3 aromatic heterocycles. The van der Waals surface area contributed by atoms with Crippen LogP contribution in [0.2, 0.25) is 0 Å². The van der Waals surface area contributed by atoms with E-state index < -0.39 is 53.5 Å². The Labute approximate surface area is 296 Å². The van der Waals surface area contributed by atoms with E-state index in [2.05, 4.69) is 10.3 Å². The Morgan fingerprint density at radius 1 is 1.12 bits per heavy atom. The number of phenolic OH excluding ortho intramolecular Hbond substituents is 1. The van der Waals surface area contributed by atoms with Crippen LogP contribution >= 0.6 is 0 Å². The molecule has 14 nitrogen and oxygen atoms in total. The quantitative estimate of drug-likeness (QED) is 0.123. The summed E-state index contributed by atoms with van der Waals surface area (Å²) in [6, 6.07) is 11.5. The van der Waals surface area contributed by atoms with Gasteiger partial charge in [-0.2, -0.15) is 0 Å². The van der Waals surface area contributed by atoms with Crippen molar-refractivity contribution in [3.63, 3.8) is 0 Å². The van der Waals surface area contributed by atoms with Gasteiger partial charge in [0.2, 0.25) is 11.5 Å². The first kappa shape index (κ1) is 34.4. The highest BCUT2D eigenvalue weighted by atomic mass is 16.6. The van der Waals surface area contributed by atoms with Crippen molar-refractivity contribution >= 4 is 45.6 Å². The average Bonchev–Trinajstić information content (AvgIpc) is 3.71. The molecule has 3 atom stereocenters. The van der Waals surface area contributed by atoms with Gasteiger partial charge in [-0.05, 0) is 67.1 Å². The molecular weight excluding hydrogens is 670 g/mol. The fourth-order valence-corrected chi connectivity index (χ4v) is 7.38. The Kier molecular flexibility index (Phi) is 8.78. The second-order valence-corrected chi connectivity index (χ2v) is 13.1. The Morgan fingerprint density at radius 3 is 2.65 bits per heavy atom. The largest absolute Gasteiger partial charge is 0.508 e. The molecule has 268 valence electrons. The first-order valence-corrected chi connectivity index (χ1v) is 17.1. The number of benzene rings is 2. The number of para-hydroxylation sites is 1. The summed E-state index contributed by atoms with van der Waals surface area (Å²) in [5, 5.41) is 24.1. The van der Waals surface area contributed by atoms with Crippen LogP contribution in [0.15, 0.2) is 59.5 Å². The lowest BCUT2D eigenvalue weighted by molar-refractivity contribution is -0.189. The van der Waals surface area contributed by atoms with Gasteiger partial charge in [-0.1, -0.05) is 32.0 Å². The normalized spacial score (nSPS) is 17.2. The Morgan fingerprint density at radius 2 is 1.90 bits per heavy atom. The maximum Gasteiger partial charge on any atom is 0.355 e. The number of aromatic hydroxyl groups is 1. The number of esters is 2. The number of nitrogens with one attached hydrogen (secondary N) is 2. The molecule has 52 heavy (non-hydrogen) atoms. The number of ether oxygens (including phenoxy) is 2. The van der Waals surface area contributed by atoms with Gasteiger partial charge in [0.15, 0.2) is 0 Å². The van der Waals surface area contributed by atoms with Crippen LogP contribution in [0.3, 0.4) is 0 Å². The summed E-state index contributed by atoms with van der Waals surface area (Å²) < 4.78 is 12.8. The van der Waals surface area contributed by atoms with E-state index in [1.165, 1.54) is 6.07 Å². The van der Waals surface area contributed by atoms with Crippen molar-refractivity contribution in [1.29, 1.82) is 0 Å². The Bertz CT molecular complexity index is 2360. The number of carboxylic acid groups (broad SMARTS) is 1. The smallest absolute Gasteiger partial charge is 0.355 e. The molecule has 14 heteroatoms. The number of hydrogen-bond donors (Lipinski definition) is 5. The van der Waals surface area contributed by atoms with Gasteiger partial charge in [0.25, 0.3) is 5.56 Å².